The van der Waals surface area contributed by atoms with E-state index in [2.05, 4.69) is 51.4 Å². The molecule has 0 bridgehead atoms. The van der Waals surface area contributed by atoms with Crippen LogP contribution in [0.5, 0.6) is 0 Å². The zero-order valence-corrected chi connectivity index (χ0v) is 24.4. The number of nitrogens with zero attached hydrogens (tertiary/aromatic N) is 3. The van der Waals surface area contributed by atoms with Crippen LogP contribution in [0.4, 0.5) is 5.82 Å². The highest BCUT2D eigenvalue weighted by Crippen LogP contribution is 2.28. The summed E-state index contributed by atoms with van der Waals surface area (Å²) in [5, 5.41) is 6.93. The van der Waals surface area contributed by atoms with E-state index in [9.17, 15) is 9.59 Å². The SMILES string of the molecule is Cc1cc(C(=O)NCC(C)C)cc(NCOC[C@H]2CCC(=O)N2C2CCN(Cc3ccc(Cl)c(C)c3)CC2)n1. The second-order valence-electron chi connectivity index (χ2n) is 11.3. The monoisotopic (exact) mass is 555 g/mol. The van der Waals surface area contributed by atoms with Crippen molar-refractivity contribution in [1.29, 1.82) is 0 Å². The Bertz CT molecular complexity index is 1150. The van der Waals surface area contributed by atoms with E-state index in [1.807, 2.05) is 19.9 Å². The minimum Gasteiger partial charge on any atom is -0.359 e. The van der Waals surface area contributed by atoms with Crippen LogP contribution in [0.25, 0.3) is 0 Å². The van der Waals surface area contributed by atoms with Crippen molar-refractivity contribution in [2.45, 2.75) is 72.0 Å². The maximum atomic E-state index is 12.8. The summed E-state index contributed by atoms with van der Waals surface area (Å²) in [6.45, 7) is 12.3. The molecule has 1 aromatic heterocycles. The molecule has 212 valence electrons. The quantitative estimate of drug-likeness (QED) is 0.306. The molecule has 39 heavy (non-hydrogen) atoms. The van der Waals surface area contributed by atoms with Crippen LogP contribution in [0.1, 0.15) is 66.7 Å². The number of aryl methyl sites for hydroxylation is 2. The first kappa shape index (κ1) is 29.3. The largest absolute Gasteiger partial charge is 0.359 e. The second kappa shape index (κ2) is 13.6. The lowest BCUT2D eigenvalue weighted by atomic mass is 10.0. The number of hydrogen-bond donors (Lipinski definition) is 2. The van der Waals surface area contributed by atoms with Crippen molar-refractivity contribution >= 4 is 29.2 Å². The van der Waals surface area contributed by atoms with Crippen LogP contribution in [0.2, 0.25) is 5.02 Å². The summed E-state index contributed by atoms with van der Waals surface area (Å²) in [7, 11) is 0. The molecule has 0 spiro atoms. The van der Waals surface area contributed by atoms with E-state index in [4.69, 9.17) is 16.3 Å². The standard InChI is InChI=1S/C30H42ClN5O3/c1-20(2)16-32-30(38)24-14-22(4)34-28(15-24)33-19-39-18-26-6-8-29(37)36(26)25-9-11-35(12-10-25)17-23-5-7-27(31)21(3)13-23/h5,7,13-15,20,25-26H,6,8-12,16-19H2,1-4H3,(H,32,38)(H,33,34)/t26-/m1/s1. The van der Waals surface area contributed by atoms with Crippen molar-refractivity contribution in [3.8, 4) is 0 Å². The number of hydrogen-bond acceptors (Lipinski definition) is 6. The predicted molar refractivity (Wildman–Crippen MR) is 155 cm³/mol. The third-order valence-electron chi connectivity index (χ3n) is 7.50. The van der Waals surface area contributed by atoms with Crippen molar-refractivity contribution in [2.75, 3.05) is 38.3 Å². The Labute approximate surface area is 237 Å². The Morgan fingerprint density at radius 1 is 1.15 bits per heavy atom. The molecule has 0 aliphatic carbocycles. The molecule has 2 fully saturated rings. The van der Waals surface area contributed by atoms with Gasteiger partial charge in [0.15, 0.2) is 0 Å². The first-order chi connectivity index (χ1) is 18.7. The summed E-state index contributed by atoms with van der Waals surface area (Å²) in [6.07, 6.45) is 3.36. The molecule has 2 aromatic rings. The van der Waals surface area contributed by atoms with Gasteiger partial charge in [0, 0.05) is 54.9 Å². The van der Waals surface area contributed by atoms with Crippen LogP contribution in [-0.2, 0) is 16.1 Å². The van der Waals surface area contributed by atoms with Crippen molar-refractivity contribution in [3.63, 3.8) is 0 Å². The summed E-state index contributed by atoms with van der Waals surface area (Å²) in [4.78, 5) is 34.3. The van der Waals surface area contributed by atoms with Crippen LogP contribution in [0, 0.1) is 19.8 Å². The van der Waals surface area contributed by atoms with Gasteiger partial charge in [-0.25, -0.2) is 4.98 Å². The number of piperidine rings is 1. The number of nitrogens with one attached hydrogen (secondary N) is 2. The summed E-state index contributed by atoms with van der Waals surface area (Å²) in [5.41, 5.74) is 3.73. The molecule has 0 radical (unpaired) electrons. The van der Waals surface area contributed by atoms with Crippen molar-refractivity contribution in [3.05, 3.63) is 57.7 Å². The molecule has 2 aliphatic rings. The lowest BCUT2D eigenvalue weighted by Gasteiger charge is -2.39. The molecule has 3 heterocycles. The van der Waals surface area contributed by atoms with E-state index < -0.39 is 0 Å². The lowest BCUT2D eigenvalue weighted by molar-refractivity contribution is -0.133. The molecule has 8 nitrogen and oxygen atoms in total. The maximum absolute atomic E-state index is 12.8. The second-order valence-corrected chi connectivity index (χ2v) is 11.7. The number of amides is 2. The van der Waals surface area contributed by atoms with Gasteiger partial charge in [-0.3, -0.25) is 14.5 Å². The zero-order valence-electron chi connectivity index (χ0n) is 23.6. The maximum Gasteiger partial charge on any atom is 0.251 e. The average molecular weight is 556 g/mol. The first-order valence-electron chi connectivity index (χ1n) is 14.1. The summed E-state index contributed by atoms with van der Waals surface area (Å²) in [6, 6.07) is 10.1. The van der Waals surface area contributed by atoms with E-state index in [0.717, 1.165) is 55.2 Å². The Morgan fingerprint density at radius 2 is 1.92 bits per heavy atom. The number of ether oxygens (including phenoxy) is 1. The molecule has 9 heteroatoms. The van der Waals surface area contributed by atoms with Crippen molar-refractivity contribution in [1.82, 2.24) is 20.1 Å². The smallest absolute Gasteiger partial charge is 0.251 e. The number of carbonyl (C=O) groups excluding carboxylic acids is 2. The first-order valence-corrected chi connectivity index (χ1v) is 14.4. The molecule has 4 rings (SSSR count). The van der Waals surface area contributed by atoms with Gasteiger partial charge in [-0.05, 0) is 68.4 Å². The average Bonchev–Trinajstić information content (AvgIpc) is 3.27. The molecule has 0 unspecified atom stereocenters. The number of halogens is 1. The molecule has 2 amide bonds. The summed E-state index contributed by atoms with van der Waals surface area (Å²) in [5.74, 6) is 1.12. The topological polar surface area (TPSA) is 86.8 Å². The van der Waals surface area contributed by atoms with Gasteiger partial charge in [0.1, 0.15) is 12.5 Å². The highest BCUT2D eigenvalue weighted by molar-refractivity contribution is 6.31. The highest BCUT2D eigenvalue weighted by Gasteiger charge is 2.37. The zero-order chi connectivity index (χ0) is 27.9. The van der Waals surface area contributed by atoms with Crippen LogP contribution < -0.4 is 10.6 Å². The normalized spacial score (nSPS) is 18.7. The highest BCUT2D eigenvalue weighted by atomic mass is 35.5. The Balaban J connectivity index is 1.24. The van der Waals surface area contributed by atoms with Gasteiger partial charge in [-0.15, -0.1) is 0 Å². The molecular formula is C30H42ClN5O3. The molecule has 1 aromatic carbocycles. The van der Waals surface area contributed by atoms with Gasteiger partial charge < -0.3 is 20.3 Å². The number of aromatic nitrogens is 1. The molecule has 0 saturated carbocycles. The van der Waals surface area contributed by atoms with Gasteiger partial charge in [-0.1, -0.05) is 37.6 Å². The number of benzene rings is 1. The minimum atomic E-state index is -0.104. The van der Waals surface area contributed by atoms with Crippen LogP contribution >= 0.6 is 11.6 Å². The lowest BCUT2D eigenvalue weighted by Crippen LogP contribution is -2.49. The van der Waals surface area contributed by atoms with E-state index in [-0.39, 0.29) is 30.6 Å². The van der Waals surface area contributed by atoms with Gasteiger partial charge in [0.2, 0.25) is 5.91 Å². The third kappa shape index (κ3) is 8.16. The van der Waals surface area contributed by atoms with Gasteiger partial charge in [0.25, 0.3) is 5.91 Å². The van der Waals surface area contributed by atoms with E-state index in [1.54, 1.807) is 12.1 Å². The molecule has 1 atom stereocenters. The fourth-order valence-electron chi connectivity index (χ4n) is 5.46. The van der Waals surface area contributed by atoms with Crippen LogP contribution in [0.15, 0.2) is 30.3 Å². The van der Waals surface area contributed by atoms with Gasteiger partial charge in [0.05, 0.1) is 12.6 Å². The van der Waals surface area contributed by atoms with E-state index in [0.29, 0.717) is 36.9 Å². The van der Waals surface area contributed by atoms with Gasteiger partial charge in [-0.2, -0.15) is 0 Å². The minimum absolute atomic E-state index is 0.0950. The number of anilines is 1. The van der Waals surface area contributed by atoms with Crippen LogP contribution in [0.3, 0.4) is 0 Å². The summed E-state index contributed by atoms with van der Waals surface area (Å²) >= 11 is 6.18. The fraction of sp³-hybridized carbons (Fsp3) is 0.567. The Hall–Kier alpha value is -2.68. The fourth-order valence-corrected chi connectivity index (χ4v) is 5.57. The molecule has 2 saturated heterocycles. The van der Waals surface area contributed by atoms with E-state index >= 15 is 0 Å². The number of rotatable bonds is 11. The van der Waals surface area contributed by atoms with E-state index in [1.165, 1.54) is 5.56 Å². The number of carbonyl (C=O) groups is 2. The number of pyridine rings is 1. The molecule has 2 N–H and O–H groups in total. The van der Waals surface area contributed by atoms with Crippen molar-refractivity contribution in [2.24, 2.45) is 5.92 Å². The Morgan fingerprint density at radius 3 is 2.64 bits per heavy atom. The Kier molecular flexibility index (Phi) is 10.2. The molecule has 2 aliphatic heterocycles. The van der Waals surface area contributed by atoms with Crippen molar-refractivity contribution < 1.29 is 14.3 Å². The summed E-state index contributed by atoms with van der Waals surface area (Å²) < 4.78 is 5.96. The number of likely N-dealkylation sites (tertiary alicyclic amines) is 2. The van der Waals surface area contributed by atoms with Crippen LogP contribution in [-0.4, -0.2) is 71.7 Å². The molecular weight excluding hydrogens is 514 g/mol. The third-order valence-corrected chi connectivity index (χ3v) is 7.93. The van der Waals surface area contributed by atoms with Gasteiger partial charge >= 0.3 is 0 Å². The predicted octanol–water partition coefficient (Wildman–Crippen LogP) is 4.78.